The van der Waals surface area contributed by atoms with Gasteiger partial charge in [0.15, 0.2) is 11.5 Å². The minimum atomic E-state index is -1.79. The molecule has 1 atom stereocenters. The summed E-state index contributed by atoms with van der Waals surface area (Å²) >= 11 is 0. The SMILES string of the molecule is C=Cc1ccc(COc2ccc(O[P+](=N)Oc3ccccc3)cc2)cc1. The van der Waals surface area contributed by atoms with Crippen molar-refractivity contribution in [3.63, 3.8) is 0 Å². The van der Waals surface area contributed by atoms with E-state index in [2.05, 4.69) is 6.58 Å². The molecule has 0 radical (unpaired) electrons. The van der Waals surface area contributed by atoms with Crippen LogP contribution < -0.4 is 13.8 Å². The lowest BCUT2D eigenvalue weighted by Gasteiger charge is -2.06. The van der Waals surface area contributed by atoms with E-state index in [0.717, 1.165) is 16.9 Å². The van der Waals surface area contributed by atoms with Gasteiger partial charge in [-0.2, -0.15) is 0 Å². The topological polar surface area (TPSA) is 51.5 Å². The molecule has 5 heteroatoms. The standard InChI is InChI=1S/C21H19NO3P/c1-2-17-8-10-18(11-9-17)16-23-19-12-14-21(15-13-19)25-26(22)24-20-6-4-3-5-7-20/h2-15,22H,1,16H2/q+1. The summed E-state index contributed by atoms with van der Waals surface area (Å²) < 4.78 is 16.7. The van der Waals surface area contributed by atoms with Gasteiger partial charge in [-0.25, -0.2) is 9.05 Å². The van der Waals surface area contributed by atoms with Crippen molar-refractivity contribution in [2.45, 2.75) is 6.61 Å². The van der Waals surface area contributed by atoms with E-state index in [9.17, 15) is 0 Å². The summed E-state index contributed by atoms with van der Waals surface area (Å²) in [7, 11) is -1.79. The summed E-state index contributed by atoms with van der Waals surface area (Å²) in [6.07, 6.45) is 1.81. The van der Waals surface area contributed by atoms with Crippen molar-refractivity contribution >= 4 is 14.2 Å². The smallest absolute Gasteiger partial charge is 0.489 e. The second kappa shape index (κ2) is 8.84. The zero-order valence-corrected chi connectivity index (χ0v) is 15.1. The zero-order valence-electron chi connectivity index (χ0n) is 14.2. The van der Waals surface area contributed by atoms with Crippen LogP contribution >= 0.6 is 8.17 Å². The van der Waals surface area contributed by atoms with Gasteiger partial charge in [-0.1, -0.05) is 55.1 Å². The highest BCUT2D eigenvalue weighted by Crippen LogP contribution is 2.31. The Morgan fingerprint density at radius 1 is 0.769 bits per heavy atom. The van der Waals surface area contributed by atoms with Crippen LogP contribution in [-0.2, 0) is 6.61 Å². The summed E-state index contributed by atoms with van der Waals surface area (Å²) in [5.41, 5.74) is 2.17. The normalized spacial score (nSPS) is 10.7. The lowest BCUT2D eigenvalue weighted by atomic mass is 10.1. The molecule has 0 saturated heterocycles. The van der Waals surface area contributed by atoms with Gasteiger partial charge in [-0.05, 0) is 52.7 Å². The highest BCUT2D eigenvalue weighted by Gasteiger charge is 2.17. The first-order chi connectivity index (χ1) is 12.7. The Kier molecular flexibility index (Phi) is 6.02. The number of nitrogens with one attached hydrogen (secondary N) is 1. The predicted molar refractivity (Wildman–Crippen MR) is 105 cm³/mol. The van der Waals surface area contributed by atoms with E-state index < -0.39 is 8.17 Å². The molecular weight excluding hydrogens is 345 g/mol. The Morgan fingerprint density at radius 3 is 1.96 bits per heavy atom. The van der Waals surface area contributed by atoms with Gasteiger partial charge in [-0.3, -0.25) is 0 Å². The average Bonchev–Trinajstić information content (AvgIpc) is 2.68. The molecule has 0 aliphatic rings. The molecule has 130 valence electrons. The molecule has 0 heterocycles. The van der Waals surface area contributed by atoms with Crippen LogP contribution in [-0.4, -0.2) is 0 Å². The van der Waals surface area contributed by atoms with Crippen molar-refractivity contribution in [2.24, 2.45) is 0 Å². The molecule has 3 aromatic rings. The minimum absolute atomic E-state index is 0.486. The first-order valence-corrected chi connectivity index (χ1v) is 9.27. The molecular formula is C21H19NO3P+. The Morgan fingerprint density at radius 2 is 1.35 bits per heavy atom. The zero-order chi connectivity index (χ0) is 18.2. The molecule has 3 aromatic carbocycles. The predicted octanol–water partition coefficient (Wildman–Crippen LogP) is 6.44. The van der Waals surface area contributed by atoms with Gasteiger partial charge in [0.25, 0.3) is 0 Å². The van der Waals surface area contributed by atoms with Gasteiger partial charge in [-0.15, -0.1) is 0 Å². The van der Waals surface area contributed by atoms with E-state index in [0.29, 0.717) is 18.1 Å². The van der Waals surface area contributed by atoms with E-state index in [1.165, 1.54) is 0 Å². The first-order valence-electron chi connectivity index (χ1n) is 8.09. The molecule has 0 amide bonds. The van der Waals surface area contributed by atoms with Crippen molar-refractivity contribution in [2.75, 3.05) is 0 Å². The maximum absolute atomic E-state index is 7.91. The number of hydrogen-bond donors (Lipinski definition) is 1. The molecule has 0 aromatic heterocycles. The van der Waals surface area contributed by atoms with Crippen LogP contribution in [0.2, 0.25) is 0 Å². The number of hydrogen-bond acceptors (Lipinski definition) is 4. The third-order valence-corrected chi connectivity index (χ3v) is 4.32. The molecule has 1 unspecified atom stereocenters. The third-order valence-electron chi connectivity index (χ3n) is 3.56. The first kappa shape index (κ1) is 17.7. The molecule has 0 spiro atoms. The fourth-order valence-corrected chi connectivity index (χ4v) is 2.87. The molecule has 0 bridgehead atoms. The van der Waals surface area contributed by atoms with Crippen molar-refractivity contribution in [3.05, 3.63) is 96.6 Å². The van der Waals surface area contributed by atoms with Crippen LogP contribution in [0.15, 0.2) is 85.4 Å². The van der Waals surface area contributed by atoms with Gasteiger partial charge >= 0.3 is 8.17 Å². The van der Waals surface area contributed by atoms with E-state index in [4.69, 9.17) is 18.9 Å². The monoisotopic (exact) mass is 364 g/mol. The Bertz CT molecular complexity index is 862. The van der Waals surface area contributed by atoms with E-state index in [1.54, 1.807) is 24.3 Å². The van der Waals surface area contributed by atoms with Crippen LogP contribution in [0.5, 0.6) is 17.2 Å². The summed E-state index contributed by atoms with van der Waals surface area (Å²) in [4.78, 5) is 0. The summed E-state index contributed by atoms with van der Waals surface area (Å²) in [6, 6.07) is 24.4. The molecule has 0 fully saturated rings. The minimum Gasteiger partial charge on any atom is -0.489 e. The van der Waals surface area contributed by atoms with Crippen molar-refractivity contribution in [1.29, 1.82) is 5.16 Å². The van der Waals surface area contributed by atoms with Crippen LogP contribution in [0, 0.1) is 5.16 Å². The summed E-state index contributed by atoms with van der Waals surface area (Å²) in [5.74, 6) is 1.93. The Labute approximate surface area is 154 Å². The van der Waals surface area contributed by atoms with Crippen molar-refractivity contribution < 1.29 is 13.8 Å². The molecule has 4 nitrogen and oxygen atoms in total. The summed E-state index contributed by atoms with van der Waals surface area (Å²) in [6.45, 7) is 4.23. The lowest BCUT2D eigenvalue weighted by Crippen LogP contribution is -1.95. The van der Waals surface area contributed by atoms with Crippen LogP contribution in [0.3, 0.4) is 0 Å². The largest absolute Gasteiger partial charge is 0.664 e. The van der Waals surface area contributed by atoms with Gasteiger partial charge < -0.3 is 4.74 Å². The van der Waals surface area contributed by atoms with Gasteiger partial charge in [0.1, 0.15) is 12.4 Å². The fraction of sp³-hybridized carbons (Fsp3) is 0.0476. The Balaban J connectivity index is 1.51. The lowest BCUT2D eigenvalue weighted by molar-refractivity contribution is 0.306. The average molecular weight is 364 g/mol. The second-order valence-electron chi connectivity index (χ2n) is 5.46. The maximum atomic E-state index is 7.91. The van der Waals surface area contributed by atoms with E-state index >= 15 is 0 Å². The molecule has 0 aliphatic heterocycles. The third kappa shape index (κ3) is 5.20. The number of rotatable bonds is 8. The van der Waals surface area contributed by atoms with Crippen LogP contribution in [0.4, 0.5) is 0 Å². The summed E-state index contributed by atoms with van der Waals surface area (Å²) in [5, 5.41) is 7.91. The highest BCUT2D eigenvalue weighted by atomic mass is 31.1. The van der Waals surface area contributed by atoms with Gasteiger partial charge in [0.2, 0.25) is 0 Å². The molecule has 26 heavy (non-hydrogen) atoms. The molecule has 0 saturated carbocycles. The van der Waals surface area contributed by atoms with E-state index in [-0.39, 0.29) is 0 Å². The fourth-order valence-electron chi connectivity index (χ4n) is 2.20. The Hall–Kier alpha value is -3.10. The number of benzene rings is 3. The number of ether oxygens (including phenoxy) is 1. The van der Waals surface area contributed by atoms with E-state index in [1.807, 2.05) is 60.7 Å². The second-order valence-corrected chi connectivity index (χ2v) is 6.34. The van der Waals surface area contributed by atoms with Crippen LogP contribution in [0.25, 0.3) is 6.08 Å². The molecule has 3 rings (SSSR count). The highest BCUT2D eigenvalue weighted by molar-refractivity contribution is 7.35. The van der Waals surface area contributed by atoms with Crippen LogP contribution in [0.1, 0.15) is 11.1 Å². The van der Waals surface area contributed by atoms with Crippen molar-refractivity contribution in [3.8, 4) is 17.2 Å². The van der Waals surface area contributed by atoms with Gasteiger partial charge in [0.05, 0.1) is 0 Å². The quantitative estimate of drug-likeness (QED) is 0.468. The van der Waals surface area contributed by atoms with Gasteiger partial charge in [0, 0.05) is 0 Å². The van der Waals surface area contributed by atoms with Crippen molar-refractivity contribution in [1.82, 2.24) is 0 Å². The number of para-hydroxylation sites is 1. The molecule has 0 aliphatic carbocycles. The maximum Gasteiger partial charge on any atom is 0.664 e. The molecule has 1 N–H and O–H groups in total.